The Morgan fingerprint density at radius 2 is 2.11 bits per heavy atom. The number of rotatable bonds is 3. The van der Waals surface area contributed by atoms with E-state index in [1.165, 1.54) is 6.92 Å². The topological polar surface area (TPSA) is 20.2 Å². The molecule has 1 nitrogen and oxygen atoms in total. The highest BCUT2D eigenvalue weighted by Crippen LogP contribution is 2.25. The van der Waals surface area contributed by atoms with Crippen molar-refractivity contribution in [3.63, 3.8) is 0 Å². The fraction of sp³-hybridized carbons (Fsp3) is 0.667. The van der Waals surface area contributed by atoms with Crippen molar-refractivity contribution < 1.29 is 13.9 Å². The van der Waals surface area contributed by atoms with Crippen LogP contribution in [0.2, 0.25) is 0 Å². The summed E-state index contributed by atoms with van der Waals surface area (Å²) in [6.45, 7) is 3.83. The van der Waals surface area contributed by atoms with E-state index in [-0.39, 0.29) is 5.57 Å². The first-order valence-corrected chi connectivity index (χ1v) is 2.65. The summed E-state index contributed by atoms with van der Waals surface area (Å²) in [7, 11) is 0. The molecule has 0 fully saturated rings. The first-order chi connectivity index (χ1) is 4.00. The van der Waals surface area contributed by atoms with E-state index in [0.717, 1.165) is 0 Å². The molecule has 0 rings (SSSR count). The number of hydrogen-bond donors (Lipinski definition) is 1. The molecule has 3 heteroatoms. The molecule has 0 amide bonds. The SMILES string of the molecule is C=C(C)C(F)(F)CCO. The van der Waals surface area contributed by atoms with E-state index in [1.807, 2.05) is 0 Å². The van der Waals surface area contributed by atoms with Gasteiger partial charge >= 0.3 is 0 Å². The number of aliphatic hydroxyl groups is 1. The minimum Gasteiger partial charge on any atom is -0.396 e. The predicted octanol–water partition coefficient (Wildman–Crippen LogP) is 1.58. The molecule has 0 saturated carbocycles. The van der Waals surface area contributed by atoms with Crippen molar-refractivity contribution in [3.8, 4) is 0 Å². The summed E-state index contributed by atoms with van der Waals surface area (Å²) in [6, 6.07) is 0. The summed E-state index contributed by atoms with van der Waals surface area (Å²) < 4.78 is 24.6. The van der Waals surface area contributed by atoms with Gasteiger partial charge in [0.2, 0.25) is 0 Å². The molecule has 0 spiro atoms. The first kappa shape index (κ1) is 8.56. The molecule has 0 unspecified atom stereocenters. The quantitative estimate of drug-likeness (QED) is 0.584. The lowest BCUT2D eigenvalue weighted by molar-refractivity contribution is 0.0162. The summed E-state index contributed by atoms with van der Waals surface area (Å²) in [5.41, 5.74) is -0.198. The van der Waals surface area contributed by atoms with Crippen molar-refractivity contribution in [2.24, 2.45) is 0 Å². The van der Waals surface area contributed by atoms with Crippen molar-refractivity contribution >= 4 is 0 Å². The monoisotopic (exact) mass is 136 g/mol. The Kier molecular flexibility index (Phi) is 2.77. The maximum atomic E-state index is 12.3. The average molecular weight is 136 g/mol. The number of halogens is 2. The second-order valence-corrected chi connectivity index (χ2v) is 1.96. The van der Waals surface area contributed by atoms with Gasteiger partial charge in [-0.25, -0.2) is 8.78 Å². The van der Waals surface area contributed by atoms with Crippen molar-refractivity contribution in [1.29, 1.82) is 0 Å². The number of alkyl halides is 2. The summed E-state index contributed by atoms with van der Waals surface area (Å²) in [6.07, 6.45) is -0.525. The van der Waals surface area contributed by atoms with Crippen LogP contribution in [0.4, 0.5) is 8.78 Å². The largest absolute Gasteiger partial charge is 0.396 e. The molecule has 0 aromatic rings. The van der Waals surface area contributed by atoms with Gasteiger partial charge in [0.05, 0.1) is 0 Å². The molecular formula is C6H10F2O. The van der Waals surface area contributed by atoms with Crippen LogP contribution in [0.15, 0.2) is 12.2 Å². The van der Waals surface area contributed by atoms with Gasteiger partial charge in [-0.1, -0.05) is 6.58 Å². The van der Waals surface area contributed by atoms with Crippen LogP contribution in [-0.4, -0.2) is 17.6 Å². The third kappa shape index (κ3) is 2.56. The molecule has 1 N–H and O–H groups in total. The van der Waals surface area contributed by atoms with Crippen LogP contribution in [0.25, 0.3) is 0 Å². The van der Waals surface area contributed by atoms with Crippen LogP contribution >= 0.6 is 0 Å². The fourth-order valence-corrected chi connectivity index (χ4v) is 0.354. The second-order valence-electron chi connectivity index (χ2n) is 1.96. The molecule has 0 saturated heterocycles. The lowest BCUT2D eigenvalue weighted by Crippen LogP contribution is -2.18. The smallest absolute Gasteiger partial charge is 0.270 e. The molecule has 0 bridgehead atoms. The molecule has 0 radical (unpaired) electrons. The molecule has 0 aromatic heterocycles. The van der Waals surface area contributed by atoms with Gasteiger partial charge in [-0.15, -0.1) is 0 Å². The van der Waals surface area contributed by atoms with Gasteiger partial charge in [0.1, 0.15) is 0 Å². The van der Waals surface area contributed by atoms with Crippen LogP contribution in [0.1, 0.15) is 13.3 Å². The van der Waals surface area contributed by atoms with Crippen LogP contribution in [0, 0.1) is 0 Å². The van der Waals surface area contributed by atoms with E-state index >= 15 is 0 Å². The van der Waals surface area contributed by atoms with Crippen LogP contribution in [-0.2, 0) is 0 Å². The highest BCUT2D eigenvalue weighted by atomic mass is 19.3. The zero-order chi connectivity index (χ0) is 7.49. The standard InChI is InChI=1S/C6H10F2O/c1-5(2)6(7,8)3-4-9/h9H,1,3-4H2,2H3. The van der Waals surface area contributed by atoms with Crippen molar-refractivity contribution in [3.05, 3.63) is 12.2 Å². The molecular weight excluding hydrogens is 126 g/mol. The maximum absolute atomic E-state index is 12.3. The van der Waals surface area contributed by atoms with E-state index in [4.69, 9.17) is 5.11 Å². The van der Waals surface area contributed by atoms with Gasteiger partial charge in [0, 0.05) is 13.0 Å². The summed E-state index contributed by atoms with van der Waals surface area (Å²) >= 11 is 0. The molecule has 9 heavy (non-hydrogen) atoms. The molecule has 0 aliphatic heterocycles. The third-order valence-corrected chi connectivity index (χ3v) is 1.05. The lowest BCUT2D eigenvalue weighted by Gasteiger charge is -2.13. The van der Waals surface area contributed by atoms with Gasteiger partial charge in [0.15, 0.2) is 0 Å². The Balaban J connectivity index is 3.85. The maximum Gasteiger partial charge on any atom is 0.270 e. The normalized spacial score (nSPS) is 11.6. The van der Waals surface area contributed by atoms with E-state index in [0.29, 0.717) is 0 Å². The minimum atomic E-state index is -2.89. The van der Waals surface area contributed by atoms with Crippen LogP contribution < -0.4 is 0 Å². The molecule has 0 aromatic carbocycles. The average Bonchev–Trinajstić information content (AvgIpc) is 1.65. The van der Waals surface area contributed by atoms with Crippen molar-refractivity contribution in [2.75, 3.05) is 6.61 Å². The summed E-state index contributed by atoms with van der Waals surface area (Å²) in [5.74, 6) is -2.89. The fourth-order valence-electron chi connectivity index (χ4n) is 0.354. The Morgan fingerprint density at radius 3 is 2.22 bits per heavy atom. The molecule has 0 aliphatic carbocycles. The third-order valence-electron chi connectivity index (χ3n) is 1.05. The van der Waals surface area contributed by atoms with Gasteiger partial charge in [-0.3, -0.25) is 0 Å². The zero-order valence-corrected chi connectivity index (χ0v) is 5.32. The summed E-state index contributed by atoms with van der Waals surface area (Å²) in [4.78, 5) is 0. The predicted molar refractivity (Wildman–Crippen MR) is 31.5 cm³/mol. The van der Waals surface area contributed by atoms with Crippen LogP contribution in [0.5, 0.6) is 0 Å². The van der Waals surface area contributed by atoms with Crippen LogP contribution in [0.3, 0.4) is 0 Å². The highest BCUT2D eigenvalue weighted by molar-refractivity contribution is 5.02. The van der Waals surface area contributed by atoms with E-state index in [2.05, 4.69) is 6.58 Å². The molecule has 54 valence electrons. The number of allylic oxidation sites excluding steroid dienone is 1. The highest BCUT2D eigenvalue weighted by Gasteiger charge is 2.28. The second kappa shape index (κ2) is 2.92. The Hall–Kier alpha value is -0.440. The Labute approximate surface area is 53.0 Å². The summed E-state index contributed by atoms with van der Waals surface area (Å²) in [5, 5.41) is 8.13. The van der Waals surface area contributed by atoms with Gasteiger partial charge in [-0.2, -0.15) is 0 Å². The first-order valence-electron chi connectivity index (χ1n) is 2.65. The van der Waals surface area contributed by atoms with Gasteiger partial charge in [0.25, 0.3) is 5.92 Å². The minimum absolute atomic E-state index is 0.198. The van der Waals surface area contributed by atoms with E-state index < -0.39 is 19.0 Å². The van der Waals surface area contributed by atoms with Gasteiger partial charge in [-0.05, 0) is 12.5 Å². The van der Waals surface area contributed by atoms with Crippen molar-refractivity contribution in [1.82, 2.24) is 0 Å². The lowest BCUT2D eigenvalue weighted by atomic mass is 10.1. The Morgan fingerprint density at radius 1 is 1.67 bits per heavy atom. The van der Waals surface area contributed by atoms with Crippen molar-refractivity contribution in [2.45, 2.75) is 19.3 Å². The zero-order valence-electron chi connectivity index (χ0n) is 5.32. The number of hydrogen-bond acceptors (Lipinski definition) is 1. The Bertz CT molecular complexity index is 110. The number of aliphatic hydroxyl groups excluding tert-OH is 1. The van der Waals surface area contributed by atoms with Gasteiger partial charge < -0.3 is 5.11 Å². The molecule has 0 aliphatic rings. The van der Waals surface area contributed by atoms with E-state index in [1.54, 1.807) is 0 Å². The molecule has 0 heterocycles. The van der Waals surface area contributed by atoms with E-state index in [9.17, 15) is 8.78 Å². The molecule has 0 atom stereocenters.